The van der Waals surface area contributed by atoms with Gasteiger partial charge < -0.3 is 34.0 Å². The minimum atomic E-state index is -0.0702. The van der Waals surface area contributed by atoms with Crippen molar-refractivity contribution in [2.45, 2.75) is 38.5 Å². The number of rotatable bonds is 7. The van der Waals surface area contributed by atoms with Crippen LogP contribution in [0.1, 0.15) is 38.5 Å². The average molecular weight is 1210 g/mol. The Bertz CT molecular complexity index is 5250. The molecule has 0 aliphatic carbocycles. The van der Waals surface area contributed by atoms with Crippen LogP contribution in [-0.2, 0) is 0 Å². The number of para-hydroxylation sites is 5. The van der Waals surface area contributed by atoms with E-state index in [1.165, 1.54) is 180 Å². The van der Waals surface area contributed by atoms with Gasteiger partial charge in [-0.3, -0.25) is 0 Å². The summed E-state index contributed by atoms with van der Waals surface area (Å²) in [5.41, 5.74) is 26.3. The molecule has 0 spiro atoms. The number of thiophene rings is 2. The third-order valence-corrected chi connectivity index (χ3v) is 23.0. The minimum Gasteiger partial charge on any atom is -0.371 e. The van der Waals surface area contributed by atoms with E-state index in [1.807, 2.05) is 22.7 Å². The van der Waals surface area contributed by atoms with E-state index in [0.717, 1.165) is 43.2 Å². The molecule has 0 atom stereocenters. The van der Waals surface area contributed by atoms with Crippen molar-refractivity contribution in [1.82, 2.24) is 4.57 Å². The summed E-state index contributed by atoms with van der Waals surface area (Å²) in [6.07, 6.45) is 7.33. The molecule has 0 N–H and O–H groups in total. The number of aromatic nitrogens is 1. The number of hydrogen-bond donors (Lipinski definition) is 0. The Morgan fingerprint density at radius 3 is 1.20 bits per heavy atom. The molecule has 7 nitrogen and oxygen atoms in total. The number of benzene rings is 11. The average Bonchev–Trinajstić information content (AvgIpc) is 1.67. The van der Waals surface area contributed by atoms with Crippen LogP contribution in [0.2, 0.25) is 0 Å². The first kappa shape index (κ1) is 51.9. The molecular weight excluding hydrogens is 1140 g/mol. The number of fused-ring (bicyclic) bond motifs is 15. The molecule has 2 fully saturated rings. The molecule has 14 aromatic rings. The van der Waals surface area contributed by atoms with E-state index in [4.69, 9.17) is 0 Å². The van der Waals surface area contributed by atoms with Crippen molar-refractivity contribution in [2.24, 2.45) is 0 Å². The molecule has 3 aromatic heterocycles. The molecule has 0 radical (unpaired) electrons. The maximum atomic E-state index is 2.67. The topological polar surface area (TPSA) is 24.4 Å². The van der Waals surface area contributed by atoms with Crippen LogP contribution in [0, 0.1) is 0 Å². The van der Waals surface area contributed by atoms with Crippen LogP contribution in [0.4, 0.5) is 78.9 Å². The van der Waals surface area contributed by atoms with Gasteiger partial charge in [-0.25, -0.2) is 0 Å². The molecule has 9 heterocycles. The largest absolute Gasteiger partial charge is 0.371 e. The highest BCUT2D eigenvalue weighted by molar-refractivity contribution is 7.33. The summed E-state index contributed by atoms with van der Waals surface area (Å²) in [5, 5.41) is 6.43. The first-order chi connectivity index (χ1) is 45.2. The third kappa shape index (κ3) is 7.68. The molecule has 20 rings (SSSR count). The summed E-state index contributed by atoms with van der Waals surface area (Å²) in [6, 6.07) is 95.2. The molecule has 11 aromatic carbocycles. The van der Waals surface area contributed by atoms with E-state index in [-0.39, 0.29) is 13.4 Å². The zero-order chi connectivity index (χ0) is 59.4. The fourth-order valence-corrected chi connectivity index (χ4v) is 19.4. The Hall–Kier alpha value is -9.93. The van der Waals surface area contributed by atoms with Crippen LogP contribution in [0.25, 0.3) is 47.7 Å². The van der Waals surface area contributed by atoms with Gasteiger partial charge in [0.05, 0.1) is 21.7 Å². The summed E-state index contributed by atoms with van der Waals surface area (Å²) in [4.78, 5) is 15.8. The van der Waals surface area contributed by atoms with Gasteiger partial charge in [0.15, 0.2) is 0 Å². The van der Waals surface area contributed by atoms with Gasteiger partial charge in [-0.05, 0) is 180 Å². The van der Waals surface area contributed by atoms with E-state index in [9.17, 15) is 0 Å². The highest BCUT2D eigenvalue weighted by Gasteiger charge is 2.49. The van der Waals surface area contributed by atoms with E-state index in [2.05, 4.69) is 283 Å². The van der Waals surface area contributed by atoms with Crippen LogP contribution >= 0.6 is 22.7 Å². The second-order valence-corrected chi connectivity index (χ2v) is 27.7. The van der Waals surface area contributed by atoms with Crippen molar-refractivity contribution in [2.75, 3.05) is 55.6 Å². The minimum absolute atomic E-state index is 0.0565. The Labute approximate surface area is 538 Å². The molecule has 0 bridgehead atoms. The first-order valence-corrected chi connectivity index (χ1v) is 34.3. The van der Waals surface area contributed by atoms with Crippen molar-refractivity contribution in [3.8, 4) is 5.69 Å². The maximum absolute atomic E-state index is 2.67. The van der Waals surface area contributed by atoms with Crippen molar-refractivity contribution in [3.63, 3.8) is 0 Å². The molecule has 434 valence electrons. The van der Waals surface area contributed by atoms with Gasteiger partial charge in [-0.15, -0.1) is 22.7 Å². The van der Waals surface area contributed by atoms with Gasteiger partial charge in [0.2, 0.25) is 0 Å². The van der Waals surface area contributed by atoms with Crippen LogP contribution in [0.3, 0.4) is 0 Å². The SMILES string of the molecule is c1ccc(N2c3cc4c(cc3B3c5c2cc(N2CCCCC2)cc5N(c2ccccc2)c2sc5ccccc5c23)c2cc3c(cc2n4-c2ccccc2)N(c2ccccc2)c2cc(N4CCCCC4)cc4c2B3c2sc3ccccc3c2N4c2ccccc2)cc1. The Morgan fingerprint density at radius 2 is 0.681 bits per heavy atom. The quantitative estimate of drug-likeness (QED) is 0.147. The van der Waals surface area contributed by atoms with Gasteiger partial charge >= 0.3 is 0 Å². The molecule has 6 aliphatic rings. The lowest BCUT2D eigenvalue weighted by molar-refractivity contribution is 0.578. The van der Waals surface area contributed by atoms with Crippen LogP contribution in [-0.4, -0.2) is 44.2 Å². The van der Waals surface area contributed by atoms with Gasteiger partial charge in [0, 0.05) is 130 Å². The van der Waals surface area contributed by atoms with Crippen molar-refractivity contribution in [3.05, 3.63) is 249 Å². The molecule has 0 amide bonds. The Morgan fingerprint density at radius 1 is 0.286 bits per heavy atom. The molecular formula is C80H61B2N7S2. The molecule has 6 aliphatic heterocycles. The first-order valence-electron chi connectivity index (χ1n) is 32.7. The predicted octanol–water partition coefficient (Wildman–Crippen LogP) is 17.4. The van der Waals surface area contributed by atoms with E-state index in [1.54, 1.807) is 0 Å². The van der Waals surface area contributed by atoms with Gasteiger partial charge in [0.1, 0.15) is 0 Å². The monoisotopic (exact) mass is 1210 g/mol. The lowest BCUT2D eigenvalue weighted by Gasteiger charge is -2.44. The second-order valence-electron chi connectivity index (χ2n) is 25.6. The van der Waals surface area contributed by atoms with Crippen LogP contribution < -0.4 is 61.5 Å². The van der Waals surface area contributed by atoms with Crippen LogP contribution in [0.15, 0.2) is 249 Å². The summed E-state index contributed by atoms with van der Waals surface area (Å²) < 4.78 is 6.60. The van der Waals surface area contributed by atoms with Crippen molar-refractivity contribution >= 4 is 189 Å². The Kier molecular flexibility index (Phi) is 11.6. The zero-order valence-corrected chi connectivity index (χ0v) is 52.0. The summed E-state index contributed by atoms with van der Waals surface area (Å²) >= 11 is 3.92. The number of piperidine rings is 2. The fourth-order valence-electron chi connectivity index (χ4n) is 16.8. The normalized spacial score (nSPS) is 15.5. The molecule has 0 unspecified atom stereocenters. The van der Waals surface area contributed by atoms with E-state index < -0.39 is 0 Å². The van der Waals surface area contributed by atoms with E-state index >= 15 is 0 Å². The molecule has 91 heavy (non-hydrogen) atoms. The molecule has 0 saturated carbocycles. The van der Waals surface area contributed by atoms with Gasteiger partial charge in [-0.2, -0.15) is 0 Å². The smallest absolute Gasteiger partial charge is 0.264 e. The summed E-state index contributed by atoms with van der Waals surface area (Å²) in [5.74, 6) is 0. The standard InChI is InChI=1S/C80H61B2N7S2/c1-8-26-52(27-9-1)85-65-50-67-63(81-75-59-36-18-20-38-73(59)91-80(75)89(56-34-16-5-17-35-56)72-47-58(84-42-24-7-25-43-84)44-69(76(72)81)86(67)53-28-10-2-11-29-53)48-61(65)62-49-64-68(51-66(62)85)87(54-30-12-3-13-31-54)70-45-57(83-40-22-6-23-41-83)46-71-77(70)82(64)79-78(60-37-19-21-39-74(60)90-79)88(71)55-32-14-4-15-33-55/h1-5,8-21,26-39,44-51H,6-7,22-25,40-43H2. The number of hydrogen-bond acceptors (Lipinski definition) is 8. The number of nitrogens with zero attached hydrogens (tertiary/aromatic N) is 7. The second kappa shape index (κ2) is 20.3. The Balaban J connectivity index is 0.919. The predicted molar refractivity (Wildman–Crippen MR) is 392 cm³/mol. The third-order valence-electron chi connectivity index (χ3n) is 20.7. The highest BCUT2D eigenvalue weighted by atomic mass is 32.1. The van der Waals surface area contributed by atoms with Crippen molar-refractivity contribution in [1.29, 1.82) is 0 Å². The summed E-state index contributed by atoms with van der Waals surface area (Å²) in [7, 11) is 0. The van der Waals surface area contributed by atoms with Crippen molar-refractivity contribution < 1.29 is 0 Å². The van der Waals surface area contributed by atoms with E-state index in [0.29, 0.717) is 0 Å². The van der Waals surface area contributed by atoms with Crippen LogP contribution in [0.5, 0.6) is 0 Å². The number of anilines is 14. The van der Waals surface area contributed by atoms with Gasteiger partial charge in [0.25, 0.3) is 13.4 Å². The lowest BCUT2D eigenvalue weighted by Crippen LogP contribution is -2.61. The summed E-state index contributed by atoms with van der Waals surface area (Å²) in [6.45, 7) is 4.07. The molecule has 11 heteroatoms. The fraction of sp³-hybridized carbons (Fsp3) is 0.125. The van der Waals surface area contributed by atoms with Gasteiger partial charge in [-0.1, -0.05) is 140 Å². The zero-order valence-electron chi connectivity index (χ0n) is 50.3. The molecule has 2 saturated heterocycles. The highest BCUT2D eigenvalue weighted by Crippen LogP contribution is 2.53. The lowest BCUT2D eigenvalue weighted by atomic mass is 9.33. The maximum Gasteiger partial charge on any atom is 0.264 e.